The van der Waals surface area contributed by atoms with Crippen molar-refractivity contribution in [2.24, 2.45) is 5.92 Å². The fraction of sp³-hybridized carbons (Fsp3) is 1.00. The summed E-state index contributed by atoms with van der Waals surface area (Å²) >= 11 is 2.11. The van der Waals surface area contributed by atoms with E-state index in [1.54, 1.807) is 4.13 Å². The van der Waals surface area contributed by atoms with Crippen molar-refractivity contribution in [1.29, 1.82) is 0 Å². The third kappa shape index (κ3) is 2.68. The first-order valence-corrected chi connectivity index (χ1v) is 10.4. The first-order chi connectivity index (χ1) is 3.43. The summed E-state index contributed by atoms with van der Waals surface area (Å²) in [6, 6.07) is 0. The first kappa shape index (κ1) is 9.23. The van der Waals surface area contributed by atoms with Crippen molar-refractivity contribution in [2.75, 3.05) is 11.5 Å². The molecular weight excluding hydrogens is 313 g/mol. The molecule has 0 aromatic carbocycles. The third-order valence-electron chi connectivity index (χ3n) is 1.20. The van der Waals surface area contributed by atoms with Crippen molar-refractivity contribution in [1.82, 2.24) is 0 Å². The fourth-order valence-electron chi connectivity index (χ4n) is 0.691. The third-order valence-corrected chi connectivity index (χ3v) is 6.45. The molecule has 0 spiro atoms. The molecule has 0 aliphatic carbocycles. The van der Waals surface area contributed by atoms with Crippen molar-refractivity contribution in [3.05, 3.63) is 0 Å². The van der Waals surface area contributed by atoms with Crippen molar-refractivity contribution >= 4 is 35.0 Å². The van der Waals surface area contributed by atoms with E-state index in [1.807, 2.05) is 0 Å². The molecular formula is C6H15BiS. The van der Waals surface area contributed by atoms with Gasteiger partial charge in [-0.15, -0.1) is 0 Å². The number of hydrogen-bond donors (Lipinski definition) is 0. The summed E-state index contributed by atoms with van der Waals surface area (Å²) in [6.07, 6.45) is 0. The predicted octanol–water partition coefficient (Wildman–Crippen LogP) is 1.89. The molecule has 0 aromatic rings. The molecule has 1 fully saturated rings. The van der Waals surface area contributed by atoms with Crippen LogP contribution in [0, 0.1) is 5.92 Å². The quantitative estimate of drug-likeness (QED) is 0.698. The second-order valence-corrected chi connectivity index (χ2v) is 7.37. The molecule has 0 nitrogen and oxygen atoms in total. The molecule has 0 bridgehead atoms. The number of rotatable bonds is 2. The van der Waals surface area contributed by atoms with Crippen molar-refractivity contribution in [3.8, 4) is 0 Å². The molecule has 0 unspecified atom stereocenters. The Balaban J connectivity index is 0.000000490. The summed E-state index contributed by atoms with van der Waals surface area (Å²) < 4.78 is 4.12. The molecule has 1 aliphatic rings. The van der Waals surface area contributed by atoms with Gasteiger partial charge in [0.05, 0.1) is 0 Å². The minimum atomic E-state index is -0.00123. The summed E-state index contributed by atoms with van der Waals surface area (Å²) in [5.41, 5.74) is 0. The van der Waals surface area contributed by atoms with Crippen LogP contribution in [0.5, 0.6) is 0 Å². The van der Waals surface area contributed by atoms with Crippen LogP contribution in [0.1, 0.15) is 7.43 Å². The Morgan fingerprint density at radius 3 is 2.38 bits per heavy atom. The maximum absolute atomic E-state index is 2.46. The van der Waals surface area contributed by atoms with Gasteiger partial charge in [-0.05, 0) is 0 Å². The Kier molecular flexibility index (Phi) is 5.83. The Bertz CT molecular complexity index is 52.5. The van der Waals surface area contributed by atoms with Crippen LogP contribution in [0.25, 0.3) is 0 Å². The molecule has 1 rings (SSSR count). The topological polar surface area (TPSA) is 0 Å². The molecule has 0 radical (unpaired) electrons. The van der Waals surface area contributed by atoms with E-state index < -0.39 is 0 Å². The van der Waals surface area contributed by atoms with E-state index in [9.17, 15) is 0 Å². The van der Waals surface area contributed by atoms with Gasteiger partial charge >= 0.3 is 61.2 Å². The average molecular weight is 328 g/mol. The van der Waals surface area contributed by atoms with Gasteiger partial charge in [0.2, 0.25) is 0 Å². The first-order valence-electron chi connectivity index (χ1n) is 2.66. The van der Waals surface area contributed by atoms with Crippen molar-refractivity contribution in [3.63, 3.8) is 0 Å². The van der Waals surface area contributed by atoms with Crippen LogP contribution >= 0.6 is 11.8 Å². The summed E-state index contributed by atoms with van der Waals surface area (Å²) in [5.74, 6) is 4.15. The van der Waals surface area contributed by atoms with Gasteiger partial charge in [-0.1, -0.05) is 7.43 Å². The molecule has 1 aliphatic heterocycles. The normalized spacial score (nSPS) is 19.1. The Hall–Kier alpha value is 1.23. The molecule has 0 amide bonds. The van der Waals surface area contributed by atoms with Crippen LogP contribution in [-0.2, 0) is 0 Å². The van der Waals surface area contributed by atoms with Gasteiger partial charge in [0, 0.05) is 0 Å². The summed E-state index contributed by atoms with van der Waals surface area (Å²) in [4.78, 5) is 0. The van der Waals surface area contributed by atoms with Gasteiger partial charge in [0.25, 0.3) is 0 Å². The monoisotopic (exact) mass is 328 g/mol. The molecule has 1 heterocycles. The summed E-state index contributed by atoms with van der Waals surface area (Å²) in [7, 11) is 0. The van der Waals surface area contributed by atoms with Gasteiger partial charge < -0.3 is 0 Å². The van der Waals surface area contributed by atoms with E-state index in [0.29, 0.717) is 0 Å². The number of hydrogen-bond acceptors (Lipinski definition) is 1. The van der Waals surface area contributed by atoms with Crippen LogP contribution in [0.2, 0.25) is 8.76 Å². The van der Waals surface area contributed by atoms with Gasteiger partial charge in [0.15, 0.2) is 0 Å². The van der Waals surface area contributed by atoms with E-state index in [-0.39, 0.29) is 30.7 Å². The molecule has 0 N–H and O–H groups in total. The van der Waals surface area contributed by atoms with Gasteiger partial charge in [-0.2, -0.15) is 0 Å². The fourth-order valence-corrected chi connectivity index (χ4v) is 6.49. The van der Waals surface area contributed by atoms with E-state index in [1.165, 1.54) is 17.4 Å². The Labute approximate surface area is 68.4 Å². The summed E-state index contributed by atoms with van der Waals surface area (Å²) in [5, 5.41) is 0. The number of thioether (sulfide) groups is 1. The van der Waals surface area contributed by atoms with E-state index in [2.05, 4.69) is 16.4 Å². The van der Waals surface area contributed by atoms with Crippen LogP contribution in [0.15, 0.2) is 0 Å². The zero-order valence-corrected chi connectivity index (χ0v) is 9.31. The van der Waals surface area contributed by atoms with E-state index in [4.69, 9.17) is 0 Å². The maximum atomic E-state index is 2.46. The molecule has 0 saturated carbocycles. The molecule has 8 heavy (non-hydrogen) atoms. The van der Waals surface area contributed by atoms with E-state index >= 15 is 0 Å². The van der Waals surface area contributed by atoms with Gasteiger partial charge in [-0.25, -0.2) is 0 Å². The van der Waals surface area contributed by atoms with Crippen molar-refractivity contribution < 1.29 is 0 Å². The van der Waals surface area contributed by atoms with Gasteiger partial charge in [0.1, 0.15) is 0 Å². The molecule has 50 valence electrons. The van der Waals surface area contributed by atoms with E-state index in [0.717, 1.165) is 0 Å². The zero-order valence-electron chi connectivity index (χ0n) is 4.61. The minimum absolute atomic E-state index is 0. The van der Waals surface area contributed by atoms with Crippen LogP contribution in [-0.4, -0.2) is 34.7 Å². The SMILES string of the molecule is C.[CH3][BiH][CH2]C1CSC1. The van der Waals surface area contributed by atoms with Crippen molar-refractivity contribution in [2.45, 2.75) is 16.2 Å². The van der Waals surface area contributed by atoms with Crippen LogP contribution in [0.3, 0.4) is 0 Å². The predicted molar refractivity (Wildman–Crippen MR) is 45.4 cm³/mol. The van der Waals surface area contributed by atoms with Crippen LogP contribution in [0.4, 0.5) is 0 Å². The second kappa shape index (κ2) is 5.05. The summed E-state index contributed by atoms with van der Waals surface area (Å²) in [6.45, 7) is 0. The van der Waals surface area contributed by atoms with Gasteiger partial charge in [-0.3, -0.25) is 0 Å². The average Bonchev–Trinajstić information content (AvgIpc) is 1.55. The molecule has 2 heteroatoms. The second-order valence-electron chi connectivity index (χ2n) is 1.96. The Morgan fingerprint density at radius 2 is 2.25 bits per heavy atom. The standard InChI is InChI=1S/C4H7S.CH4.CH3.Bi.H/c1-4-2-5-3-4;;;;/h4H,1-3H2;1H4;1H3;;. The molecule has 1 saturated heterocycles. The molecule has 0 aromatic heterocycles. The zero-order chi connectivity index (χ0) is 5.11. The van der Waals surface area contributed by atoms with Crippen LogP contribution < -0.4 is 0 Å². The Morgan fingerprint density at radius 1 is 1.62 bits per heavy atom. The molecule has 0 atom stereocenters.